The first-order valence-corrected chi connectivity index (χ1v) is 22.2. The van der Waals surface area contributed by atoms with Gasteiger partial charge in [0, 0.05) is 19.1 Å². The Hall–Kier alpha value is -8.10. The maximum Gasteiger partial charge on any atom is 0.343 e. The highest BCUT2D eigenvalue weighted by molar-refractivity contribution is 6.22. The van der Waals surface area contributed by atoms with Crippen LogP contribution in [0, 0.1) is 48.5 Å². The summed E-state index contributed by atoms with van der Waals surface area (Å²) >= 11 is 0. The van der Waals surface area contributed by atoms with E-state index < -0.39 is 11.9 Å². The Morgan fingerprint density at radius 1 is 0.439 bits per heavy atom. The first kappa shape index (κ1) is 40.7. The number of nitrogens with zero attached hydrogens (tertiary/aromatic N) is 2. The summed E-state index contributed by atoms with van der Waals surface area (Å²) in [5, 5.41) is 9.36. The summed E-state index contributed by atoms with van der Waals surface area (Å²) in [4.78, 5) is 41.8. The molecule has 0 atom stereocenters. The van der Waals surface area contributed by atoms with Crippen LogP contribution in [0.2, 0.25) is 0 Å². The number of hydrogen-bond donors (Lipinski definition) is 2. The van der Waals surface area contributed by atoms with Gasteiger partial charge in [0.25, 0.3) is 0 Å². The number of ether oxygens (including phenoxy) is 2. The zero-order valence-electron chi connectivity index (χ0n) is 38.1. The van der Waals surface area contributed by atoms with Crippen LogP contribution < -0.4 is 9.47 Å². The van der Waals surface area contributed by atoms with Gasteiger partial charge in [-0.3, -0.25) is 4.79 Å². The maximum atomic E-state index is 14.0. The molecule has 0 amide bonds. The average molecular weight is 863 g/mol. The smallest absolute Gasteiger partial charge is 0.343 e. The van der Waals surface area contributed by atoms with Gasteiger partial charge in [-0.25, -0.2) is 14.8 Å². The molecule has 0 aliphatic heterocycles. The van der Waals surface area contributed by atoms with Crippen molar-refractivity contribution in [3.63, 3.8) is 0 Å². The van der Waals surface area contributed by atoms with E-state index in [1.165, 1.54) is 78.2 Å². The fourth-order valence-corrected chi connectivity index (χ4v) is 9.94. The van der Waals surface area contributed by atoms with Gasteiger partial charge in [0.2, 0.25) is 0 Å². The number of nitrogens with one attached hydrogen (secondary N) is 2. The lowest BCUT2D eigenvalue weighted by Crippen LogP contribution is -2.10. The highest BCUT2D eigenvalue weighted by Gasteiger charge is 2.21. The van der Waals surface area contributed by atoms with E-state index in [4.69, 9.17) is 19.4 Å². The van der Waals surface area contributed by atoms with E-state index >= 15 is 0 Å². The Bertz CT molecular complexity index is 3910. The average Bonchev–Trinajstić information content (AvgIpc) is 3.90. The standard InChI is InChI=1S/C58H46N4O4/c1-29-10-16-45-48(19-29)52(44-15-9-30(2)20-49(44)53(45)40-14-12-38-18-31(3)17-32(4)46(38)26-40)39-13-11-37-25-47(33(5)21-41(37)24-39)58(64)66-43-23-35(7)55-51(28-43)60-57(62-55)56-59-50-27-42(65-36(8)63)22-34(6)54(50)61-56/h9-28H,1-8H3,(H,59,61)(H,60,62). The Morgan fingerprint density at radius 2 is 1.00 bits per heavy atom. The summed E-state index contributed by atoms with van der Waals surface area (Å²) in [7, 11) is 0. The van der Waals surface area contributed by atoms with Crippen LogP contribution in [0.1, 0.15) is 56.2 Å². The number of hydrogen-bond acceptors (Lipinski definition) is 6. The molecule has 8 nitrogen and oxygen atoms in total. The van der Waals surface area contributed by atoms with Crippen molar-refractivity contribution in [2.45, 2.75) is 55.4 Å². The van der Waals surface area contributed by atoms with Gasteiger partial charge >= 0.3 is 11.9 Å². The van der Waals surface area contributed by atoms with Gasteiger partial charge < -0.3 is 19.4 Å². The summed E-state index contributed by atoms with van der Waals surface area (Å²) in [5.41, 5.74) is 15.6. The zero-order chi connectivity index (χ0) is 45.7. The van der Waals surface area contributed by atoms with Crippen molar-refractivity contribution in [1.29, 1.82) is 0 Å². The van der Waals surface area contributed by atoms with Crippen molar-refractivity contribution in [2.75, 3.05) is 0 Å². The molecule has 0 saturated carbocycles. The number of imidazole rings is 2. The molecule has 11 rings (SSSR count). The molecule has 0 bridgehead atoms. The largest absolute Gasteiger partial charge is 0.427 e. The lowest BCUT2D eigenvalue weighted by atomic mass is 9.84. The molecular weight excluding hydrogens is 817 g/mol. The number of aromatic amines is 2. The predicted octanol–water partition coefficient (Wildman–Crippen LogP) is 14.4. The van der Waals surface area contributed by atoms with Crippen molar-refractivity contribution in [3.8, 4) is 45.4 Å². The van der Waals surface area contributed by atoms with Crippen molar-refractivity contribution in [3.05, 3.63) is 166 Å². The van der Waals surface area contributed by atoms with Gasteiger partial charge in [0.1, 0.15) is 11.5 Å². The molecule has 0 fully saturated rings. The number of H-pyrrole nitrogens is 2. The monoisotopic (exact) mass is 862 g/mol. The molecule has 9 aromatic carbocycles. The Balaban J connectivity index is 0.942. The highest BCUT2D eigenvalue weighted by atomic mass is 16.5. The van der Waals surface area contributed by atoms with Crippen LogP contribution in [0.4, 0.5) is 0 Å². The molecule has 0 aliphatic carbocycles. The third-order valence-electron chi connectivity index (χ3n) is 12.9. The number of aromatic nitrogens is 4. The molecule has 0 unspecified atom stereocenters. The summed E-state index contributed by atoms with van der Waals surface area (Å²) in [5.74, 6) is 1.08. The molecule has 2 aromatic heterocycles. The molecule has 2 heterocycles. The first-order valence-electron chi connectivity index (χ1n) is 22.2. The van der Waals surface area contributed by atoms with Gasteiger partial charge in [0.15, 0.2) is 11.6 Å². The second-order valence-electron chi connectivity index (χ2n) is 18.0. The second-order valence-corrected chi connectivity index (χ2v) is 18.0. The summed E-state index contributed by atoms with van der Waals surface area (Å²) < 4.78 is 11.4. The molecule has 11 aromatic rings. The number of carbonyl (C=O) groups is 2. The normalized spacial score (nSPS) is 11.8. The molecule has 8 heteroatoms. The van der Waals surface area contributed by atoms with Gasteiger partial charge in [0.05, 0.1) is 27.6 Å². The van der Waals surface area contributed by atoms with Gasteiger partial charge in [-0.05, 0) is 166 Å². The van der Waals surface area contributed by atoms with Gasteiger partial charge in [-0.15, -0.1) is 0 Å². The van der Waals surface area contributed by atoms with E-state index in [9.17, 15) is 9.59 Å². The molecule has 0 saturated heterocycles. The number of esters is 2. The third kappa shape index (κ3) is 6.93. The summed E-state index contributed by atoms with van der Waals surface area (Å²) in [6.07, 6.45) is 0. The number of carbonyl (C=O) groups excluding carboxylic acids is 2. The second kappa shape index (κ2) is 15.3. The molecular formula is C58H46N4O4. The van der Waals surface area contributed by atoms with Crippen LogP contribution in [-0.2, 0) is 4.79 Å². The van der Waals surface area contributed by atoms with E-state index in [1.807, 2.05) is 32.9 Å². The molecule has 2 N–H and O–H groups in total. The molecule has 0 spiro atoms. The van der Waals surface area contributed by atoms with E-state index in [-0.39, 0.29) is 0 Å². The quantitative estimate of drug-likeness (QED) is 0.0979. The van der Waals surface area contributed by atoms with Gasteiger partial charge in [-0.2, -0.15) is 0 Å². The molecule has 66 heavy (non-hydrogen) atoms. The van der Waals surface area contributed by atoms with Crippen LogP contribution >= 0.6 is 0 Å². The first-order chi connectivity index (χ1) is 31.7. The fourth-order valence-electron chi connectivity index (χ4n) is 9.94. The lowest BCUT2D eigenvalue weighted by Gasteiger charge is -2.20. The van der Waals surface area contributed by atoms with Crippen molar-refractivity contribution < 1.29 is 19.1 Å². The van der Waals surface area contributed by atoms with Crippen LogP contribution in [0.15, 0.2) is 121 Å². The van der Waals surface area contributed by atoms with Crippen molar-refractivity contribution in [2.24, 2.45) is 0 Å². The number of rotatable bonds is 6. The minimum Gasteiger partial charge on any atom is -0.427 e. The van der Waals surface area contributed by atoms with Crippen molar-refractivity contribution >= 4 is 77.1 Å². The SMILES string of the molecule is CC(=O)Oc1cc(C)c2nc(-c3nc4c(C)cc(OC(=O)c5cc6ccc(-c7c8ccc(C)cc8c(-c8ccc9cc(C)cc(C)c9c8)c8ccc(C)cc78)cc6cc5C)cc4[nH]3)[nH]c2c1. The third-order valence-corrected chi connectivity index (χ3v) is 12.9. The topological polar surface area (TPSA) is 110 Å². The van der Waals surface area contributed by atoms with E-state index in [0.717, 1.165) is 49.6 Å². The van der Waals surface area contributed by atoms with E-state index in [1.54, 1.807) is 18.2 Å². The number of benzene rings is 9. The lowest BCUT2D eigenvalue weighted by molar-refractivity contribution is -0.131. The minimum atomic E-state index is -0.439. The number of fused-ring (bicyclic) bond motifs is 6. The van der Waals surface area contributed by atoms with Crippen LogP contribution in [0.3, 0.4) is 0 Å². The minimum absolute atomic E-state index is 0.392. The predicted molar refractivity (Wildman–Crippen MR) is 268 cm³/mol. The maximum absolute atomic E-state index is 14.0. The summed E-state index contributed by atoms with van der Waals surface area (Å²) in [6.45, 7) is 15.9. The number of aryl methyl sites for hydroxylation is 7. The summed E-state index contributed by atoms with van der Waals surface area (Å²) in [6, 6.07) is 42.8. The highest BCUT2D eigenvalue weighted by Crippen LogP contribution is 2.46. The van der Waals surface area contributed by atoms with Crippen molar-refractivity contribution in [1.82, 2.24) is 19.9 Å². The Kier molecular flexibility index (Phi) is 9.41. The van der Waals surface area contributed by atoms with Gasteiger partial charge in [-0.1, -0.05) is 95.6 Å². The molecule has 0 aliphatic rings. The Morgan fingerprint density at radius 3 is 1.59 bits per heavy atom. The zero-order valence-corrected chi connectivity index (χ0v) is 38.1. The van der Waals surface area contributed by atoms with E-state index in [0.29, 0.717) is 34.2 Å². The van der Waals surface area contributed by atoms with E-state index in [2.05, 4.69) is 129 Å². The van der Waals surface area contributed by atoms with Crippen LogP contribution in [0.25, 0.3) is 99.1 Å². The fraction of sp³-hybridized carbons (Fsp3) is 0.138. The molecule has 0 radical (unpaired) electrons. The van der Waals surface area contributed by atoms with Crippen LogP contribution in [-0.4, -0.2) is 31.9 Å². The molecule has 322 valence electrons. The van der Waals surface area contributed by atoms with Crippen LogP contribution in [0.5, 0.6) is 11.5 Å². The Labute approximate surface area is 381 Å².